The van der Waals surface area contributed by atoms with E-state index in [2.05, 4.69) is 31.0 Å². The first-order chi connectivity index (χ1) is 7.27. The number of hydrogen-bond donors (Lipinski definition) is 1. The summed E-state index contributed by atoms with van der Waals surface area (Å²) in [5.74, 6) is 0. The minimum absolute atomic E-state index is 0.284. The van der Waals surface area contributed by atoms with Gasteiger partial charge < -0.3 is 4.98 Å². The quantitative estimate of drug-likeness (QED) is 0.667. The molecule has 6 heteroatoms. The summed E-state index contributed by atoms with van der Waals surface area (Å²) in [4.78, 5) is 18.4. The van der Waals surface area contributed by atoms with Crippen molar-refractivity contribution in [2.75, 3.05) is 0 Å². The van der Waals surface area contributed by atoms with Gasteiger partial charge in [0.25, 0.3) is 0 Å². The van der Waals surface area contributed by atoms with Crippen LogP contribution in [0.5, 0.6) is 0 Å². The third-order valence-corrected chi connectivity index (χ3v) is 2.88. The van der Waals surface area contributed by atoms with Crippen LogP contribution in [0.4, 0.5) is 0 Å². The van der Waals surface area contributed by atoms with Crippen LogP contribution in [0.25, 0.3) is 16.6 Å². The van der Waals surface area contributed by atoms with Gasteiger partial charge in [0.1, 0.15) is 6.33 Å². The summed E-state index contributed by atoms with van der Waals surface area (Å²) in [6.07, 6.45) is 1.36. The van der Waals surface area contributed by atoms with Crippen molar-refractivity contribution in [3.63, 3.8) is 0 Å². The number of halogens is 1. The predicted octanol–water partition coefficient (Wildman–Crippen LogP) is 1.33. The van der Waals surface area contributed by atoms with Crippen LogP contribution >= 0.6 is 15.9 Å². The Morgan fingerprint density at radius 2 is 2.27 bits per heavy atom. The van der Waals surface area contributed by atoms with Crippen LogP contribution < -0.4 is 5.69 Å². The van der Waals surface area contributed by atoms with Crippen molar-refractivity contribution < 1.29 is 0 Å². The molecule has 0 saturated carbocycles. The Kier molecular flexibility index (Phi) is 1.66. The zero-order valence-corrected chi connectivity index (χ0v) is 9.02. The predicted molar refractivity (Wildman–Crippen MR) is 58.8 cm³/mol. The van der Waals surface area contributed by atoms with E-state index in [4.69, 9.17) is 0 Å². The van der Waals surface area contributed by atoms with E-state index in [1.54, 1.807) is 0 Å². The van der Waals surface area contributed by atoms with E-state index in [1.165, 1.54) is 10.8 Å². The average Bonchev–Trinajstić information content (AvgIpc) is 2.66. The van der Waals surface area contributed by atoms with Gasteiger partial charge in [-0.1, -0.05) is 6.07 Å². The minimum atomic E-state index is -0.284. The van der Waals surface area contributed by atoms with E-state index < -0.39 is 0 Å². The molecule has 0 bridgehead atoms. The molecule has 0 fully saturated rings. The Balaban J connectivity index is 2.74. The Hall–Kier alpha value is -1.69. The number of benzene rings is 1. The largest absolute Gasteiger partial charge is 0.348 e. The van der Waals surface area contributed by atoms with Gasteiger partial charge in [-0.05, 0) is 28.1 Å². The smallest absolute Gasteiger partial charge is 0.305 e. The SMILES string of the molecule is O=c1[nH]c2cccc(Br)c2c2ncnn12. The van der Waals surface area contributed by atoms with Crippen LogP contribution in [-0.2, 0) is 0 Å². The van der Waals surface area contributed by atoms with E-state index >= 15 is 0 Å². The molecule has 0 aliphatic rings. The van der Waals surface area contributed by atoms with Crippen LogP contribution in [0, 0.1) is 0 Å². The summed E-state index contributed by atoms with van der Waals surface area (Å²) in [7, 11) is 0. The fraction of sp³-hybridized carbons (Fsp3) is 0. The molecule has 3 rings (SSSR count). The van der Waals surface area contributed by atoms with Gasteiger partial charge in [0.2, 0.25) is 0 Å². The first kappa shape index (κ1) is 8.60. The Labute approximate surface area is 91.9 Å². The summed E-state index contributed by atoms with van der Waals surface area (Å²) >= 11 is 3.42. The number of fused-ring (bicyclic) bond motifs is 3. The molecule has 0 aliphatic carbocycles. The third kappa shape index (κ3) is 1.11. The van der Waals surface area contributed by atoms with Crippen molar-refractivity contribution in [3.8, 4) is 0 Å². The maximum atomic E-state index is 11.6. The molecule has 1 aromatic carbocycles. The van der Waals surface area contributed by atoms with Crippen LogP contribution in [-0.4, -0.2) is 19.6 Å². The number of rotatable bonds is 0. The van der Waals surface area contributed by atoms with Crippen molar-refractivity contribution in [1.29, 1.82) is 0 Å². The molecule has 0 atom stereocenters. The Morgan fingerprint density at radius 3 is 3.13 bits per heavy atom. The van der Waals surface area contributed by atoms with Crippen LogP contribution in [0.1, 0.15) is 0 Å². The van der Waals surface area contributed by atoms with E-state index in [0.29, 0.717) is 5.65 Å². The van der Waals surface area contributed by atoms with Crippen LogP contribution in [0.15, 0.2) is 33.8 Å². The zero-order valence-electron chi connectivity index (χ0n) is 7.44. The highest BCUT2D eigenvalue weighted by Crippen LogP contribution is 2.23. The summed E-state index contributed by atoms with van der Waals surface area (Å²) in [6.45, 7) is 0. The van der Waals surface area contributed by atoms with Gasteiger partial charge >= 0.3 is 5.69 Å². The van der Waals surface area contributed by atoms with E-state index in [-0.39, 0.29) is 5.69 Å². The molecule has 5 nitrogen and oxygen atoms in total. The van der Waals surface area contributed by atoms with Crippen molar-refractivity contribution in [2.24, 2.45) is 0 Å². The summed E-state index contributed by atoms with van der Waals surface area (Å²) < 4.78 is 2.13. The molecule has 0 aliphatic heterocycles. The van der Waals surface area contributed by atoms with Gasteiger partial charge in [0.15, 0.2) is 5.65 Å². The molecule has 0 amide bonds. The number of H-pyrrole nitrogens is 1. The van der Waals surface area contributed by atoms with Gasteiger partial charge in [-0.15, -0.1) is 0 Å². The number of nitrogens with zero attached hydrogens (tertiary/aromatic N) is 3. The highest BCUT2D eigenvalue weighted by molar-refractivity contribution is 9.10. The van der Waals surface area contributed by atoms with Gasteiger partial charge in [-0.25, -0.2) is 9.78 Å². The first-order valence-electron chi connectivity index (χ1n) is 4.27. The first-order valence-corrected chi connectivity index (χ1v) is 5.07. The lowest BCUT2D eigenvalue weighted by Crippen LogP contribution is -2.17. The summed E-state index contributed by atoms with van der Waals surface area (Å²) in [5.41, 5.74) is 1.02. The third-order valence-electron chi connectivity index (χ3n) is 2.22. The standard InChI is InChI=1S/C9H5BrN4O/c10-5-2-1-3-6-7(5)8-11-4-12-14(8)9(15)13-6/h1-4H,(H,13,15). The number of aromatic nitrogens is 4. The molecular formula is C9H5BrN4O. The lowest BCUT2D eigenvalue weighted by molar-refractivity contribution is 0.881. The van der Waals surface area contributed by atoms with Gasteiger partial charge in [0, 0.05) is 4.47 Å². The van der Waals surface area contributed by atoms with E-state index in [1.807, 2.05) is 18.2 Å². The molecule has 1 N–H and O–H groups in total. The average molecular weight is 265 g/mol. The topological polar surface area (TPSA) is 63.0 Å². The van der Waals surface area contributed by atoms with Crippen LogP contribution in [0.3, 0.4) is 0 Å². The molecule has 3 aromatic rings. The highest BCUT2D eigenvalue weighted by atomic mass is 79.9. The Bertz CT molecular complexity index is 715. The van der Waals surface area contributed by atoms with Gasteiger partial charge in [-0.2, -0.15) is 9.61 Å². The fourth-order valence-electron chi connectivity index (χ4n) is 1.58. The summed E-state index contributed by atoms with van der Waals surface area (Å²) in [6, 6.07) is 5.58. The maximum absolute atomic E-state index is 11.6. The van der Waals surface area contributed by atoms with Crippen molar-refractivity contribution in [2.45, 2.75) is 0 Å². The number of hydrogen-bond acceptors (Lipinski definition) is 3. The van der Waals surface area contributed by atoms with Crippen LogP contribution in [0.2, 0.25) is 0 Å². The molecule has 0 saturated heterocycles. The van der Waals surface area contributed by atoms with E-state index in [0.717, 1.165) is 15.4 Å². The molecule has 0 radical (unpaired) electrons. The highest BCUT2D eigenvalue weighted by Gasteiger charge is 2.08. The number of nitrogens with one attached hydrogen (secondary N) is 1. The second-order valence-corrected chi connectivity index (χ2v) is 3.94. The van der Waals surface area contributed by atoms with Gasteiger partial charge in [0.05, 0.1) is 10.9 Å². The molecule has 0 spiro atoms. The Morgan fingerprint density at radius 1 is 1.40 bits per heavy atom. The second kappa shape index (κ2) is 2.90. The fourth-order valence-corrected chi connectivity index (χ4v) is 2.13. The van der Waals surface area contributed by atoms with Crippen molar-refractivity contribution in [3.05, 3.63) is 39.5 Å². The van der Waals surface area contributed by atoms with Gasteiger partial charge in [-0.3, -0.25) is 0 Å². The zero-order chi connectivity index (χ0) is 10.4. The maximum Gasteiger partial charge on any atom is 0.348 e. The summed E-state index contributed by atoms with van der Waals surface area (Å²) in [5, 5.41) is 4.71. The monoisotopic (exact) mass is 264 g/mol. The second-order valence-electron chi connectivity index (χ2n) is 3.09. The molecule has 0 unspecified atom stereocenters. The molecular weight excluding hydrogens is 260 g/mol. The lowest BCUT2D eigenvalue weighted by Gasteiger charge is -2.00. The molecule has 2 heterocycles. The molecule has 74 valence electrons. The minimum Gasteiger partial charge on any atom is -0.305 e. The van der Waals surface area contributed by atoms with Crippen molar-refractivity contribution >= 4 is 32.5 Å². The van der Waals surface area contributed by atoms with Crippen molar-refractivity contribution in [1.82, 2.24) is 19.6 Å². The normalized spacial score (nSPS) is 11.3. The lowest BCUT2D eigenvalue weighted by atomic mass is 10.2. The molecule has 2 aromatic heterocycles. The molecule has 15 heavy (non-hydrogen) atoms. The van der Waals surface area contributed by atoms with E-state index in [9.17, 15) is 4.79 Å². The number of aromatic amines is 1.